The fourth-order valence-corrected chi connectivity index (χ4v) is 3.06. The van der Waals surface area contributed by atoms with E-state index in [1.807, 2.05) is 6.07 Å². The molecule has 1 aromatic heterocycles. The Morgan fingerprint density at radius 1 is 1.42 bits per heavy atom. The van der Waals surface area contributed by atoms with Crippen molar-refractivity contribution < 1.29 is 9.15 Å². The summed E-state index contributed by atoms with van der Waals surface area (Å²) in [6, 6.07) is 4.04. The highest BCUT2D eigenvalue weighted by Gasteiger charge is 2.17. The highest BCUT2D eigenvalue weighted by Crippen LogP contribution is 2.36. The topological polar surface area (TPSA) is 37.6 Å². The molecule has 0 saturated carbocycles. The van der Waals surface area contributed by atoms with Crippen molar-refractivity contribution in [1.82, 2.24) is 10.2 Å². The molecular weight excluding hydrogens is 308 g/mol. The van der Waals surface area contributed by atoms with Crippen LogP contribution in [-0.4, -0.2) is 38.2 Å². The van der Waals surface area contributed by atoms with Crippen LogP contribution in [0.2, 0.25) is 0 Å². The zero-order valence-corrected chi connectivity index (χ0v) is 12.5. The lowest BCUT2D eigenvalue weighted by atomic mass is 10.1. The van der Waals surface area contributed by atoms with E-state index in [1.165, 1.54) is 5.56 Å². The van der Waals surface area contributed by atoms with E-state index in [9.17, 15) is 0 Å². The lowest BCUT2D eigenvalue weighted by Gasteiger charge is -2.27. The van der Waals surface area contributed by atoms with Crippen LogP contribution in [0, 0.1) is 0 Å². The Kier molecular flexibility index (Phi) is 3.77. The summed E-state index contributed by atoms with van der Waals surface area (Å²) in [5.74, 6) is 0.799. The summed E-state index contributed by atoms with van der Waals surface area (Å²) in [6.07, 6.45) is 1.70. The molecule has 5 heteroatoms. The Hall–Kier alpha value is -1.04. The summed E-state index contributed by atoms with van der Waals surface area (Å²) in [5, 5.41) is 4.44. The first-order valence-corrected chi connectivity index (χ1v) is 7.24. The molecular formula is C14H17BrN2O2. The number of nitrogens with one attached hydrogen (secondary N) is 1. The standard InChI is InChI=1S/C14H17BrN2O2/c1-18-12-8-10(9-17-5-3-16-4-6-17)13(15)11-2-7-19-14(11)12/h2,7-8,16H,3-6,9H2,1H3. The Morgan fingerprint density at radius 2 is 2.21 bits per heavy atom. The Balaban J connectivity index is 1.95. The van der Waals surface area contributed by atoms with E-state index >= 15 is 0 Å². The normalized spacial score (nSPS) is 16.9. The van der Waals surface area contributed by atoms with Gasteiger partial charge in [0.05, 0.1) is 13.4 Å². The molecule has 0 spiro atoms. The molecule has 102 valence electrons. The SMILES string of the molecule is COc1cc(CN2CCNCC2)c(Br)c2ccoc12. The third-order valence-electron chi connectivity index (χ3n) is 3.54. The first-order valence-electron chi connectivity index (χ1n) is 6.45. The van der Waals surface area contributed by atoms with Crippen LogP contribution >= 0.6 is 15.9 Å². The van der Waals surface area contributed by atoms with Crippen molar-refractivity contribution in [3.63, 3.8) is 0 Å². The Morgan fingerprint density at radius 3 is 2.95 bits per heavy atom. The molecule has 2 heterocycles. The van der Waals surface area contributed by atoms with E-state index in [0.29, 0.717) is 0 Å². The van der Waals surface area contributed by atoms with E-state index in [4.69, 9.17) is 9.15 Å². The number of hydrogen-bond donors (Lipinski definition) is 1. The molecule has 0 aliphatic carbocycles. The number of nitrogens with zero attached hydrogens (tertiary/aromatic N) is 1. The third kappa shape index (κ3) is 2.50. The molecule has 1 N–H and O–H groups in total. The number of furan rings is 1. The Bertz CT molecular complexity index is 576. The van der Waals surface area contributed by atoms with Crippen LogP contribution in [0.15, 0.2) is 27.3 Å². The second-order valence-corrected chi connectivity index (χ2v) is 5.53. The van der Waals surface area contributed by atoms with Gasteiger partial charge in [-0.25, -0.2) is 0 Å². The van der Waals surface area contributed by atoms with Gasteiger partial charge in [-0.1, -0.05) is 0 Å². The second kappa shape index (κ2) is 5.53. The monoisotopic (exact) mass is 324 g/mol. The van der Waals surface area contributed by atoms with E-state index in [-0.39, 0.29) is 0 Å². The highest BCUT2D eigenvalue weighted by atomic mass is 79.9. The van der Waals surface area contributed by atoms with Crippen LogP contribution in [0.4, 0.5) is 0 Å². The minimum absolute atomic E-state index is 0.799. The number of ether oxygens (including phenoxy) is 1. The molecule has 0 amide bonds. The van der Waals surface area contributed by atoms with E-state index in [2.05, 4.69) is 32.2 Å². The predicted octanol–water partition coefficient (Wildman–Crippen LogP) is 2.61. The molecule has 0 atom stereocenters. The van der Waals surface area contributed by atoms with Gasteiger partial charge in [-0.3, -0.25) is 4.90 Å². The van der Waals surface area contributed by atoms with Gasteiger partial charge in [-0.2, -0.15) is 0 Å². The predicted molar refractivity (Wildman–Crippen MR) is 78.6 cm³/mol. The number of benzene rings is 1. The molecule has 0 bridgehead atoms. The lowest BCUT2D eigenvalue weighted by molar-refractivity contribution is 0.232. The van der Waals surface area contributed by atoms with E-state index < -0.39 is 0 Å². The fourth-order valence-electron chi connectivity index (χ4n) is 2.51. The van der Waals surface area contributed by atoms with Crippen LogP contribution < -0.4 is 10.1 Å². The second-order valence-electron chi connectivity index (χ2n) is 4.74. The van der Waals surface area contributed by atoms with E-state index in [1.54, 1.807) is 13.4 Å². The maximum atomic E-state index is 5.49. The quantitative estimate of drug-likeness (QED) is 0.941. The first-order chi connectivity index (χ1) is 9.29. The highest BCUT2D eigenvalue weighted by molar-refractivity contribution is 9.10. The summed E-state index contributed by atoms with van der Waals surface area (Å²) in [5.41, 5.74) is 2.05. The molecule has 0 unspecified atom stereocenters. The molecule has 0 radical (unpaired) electrons. The van der Waals surface area contributed by atoms with Crippen molar-refractivity contribution in [2.45, 2.75) is 6.54 Å². The molecule has 1 aliphatic heterocycles. The maximum absolute atomic E-state index is 5.49. The molecule has 4 nitrogen and oxygen atoms in total. The number of hydrogen-bond acceptors (Lipinski definition) is 4. The summed E-state index contributed by atoms with van der Waals surface area (Å²) in [4.78, 5) is 2.45. The van der Waals surface area contributed by atoms with Crippen molar-refractivity contribution in [3.05, 3.63) is 28.4 Å². The van der Waals surface area contributed by atoms with Crippen molar-refractivity contribution in [2.24, 2.45) is 0 Å². The number of rotatable bonds is 3. The van der Waals surface area contributed by atoms with Crippen molar-refractivity contribution >= 4 is 26.9 Å². The van der Waals surface area contributed by atoms with Crippen LogP contribution in [0.1, 0.15) is 5.56 Å². The number of piperazine rings is 1. The molecule has 2 aromatic rings. The van der Waals surface area contributed by atoms with Crippen molar-refractivity contribution in [2.75, 3.05) is 33.3 Å². The van der Waals surface area contributed by atoms with Gasteiger partial charge < -0.3 is 14.5 Å². The van der Waals surface area contributed by atoms with Gasteiger partial charge in [0, 0.05) is 42.6 Å². The van der Waals surface area contributed by atoms with Gasteiger partial charge >= 0.3 is 0 Å². The number of methoxy groups -OCH3 is 1. The minimum Gasteiger partial charge on any atom is -0.493 e. The zero-order valence-electron chi connectivity index (χ0n) is 10.9. The summed E-state index contributed by atoms with van der Waals surface area (Å²) >= 11 is 3.69. The number of halogens is 1. The molecule has 1 aromatic carbocycles. The summed E-state index contributed by atoms with van der Waals surface area (Å²) in [7, 11) is 1.68. The Labute approximate surface area is 120 Å². The molecule has 19 heavy (non-hydrogen) atoms. The molecule has 1 saturated heterocycles. The van der Waals surface area contributed by atoms with Crippen LogP contribution in [0.25, 0.3) is 11.0 Å². The maximum Gasteiger partial charge on any atom is 0.176 e. The van der Waals surface area contributed by atoms with Crippen LogP contribution in [0.5, 0.6) is 5.75 Å². The minimum atomic E-state index is 0.799. The van der Waals surface area contributed by atoms with Crippen LogP contribution in [-0.2, 0) is 6.54 Å². The van der Waals surface area contributed by atoms with Gasteiger partial charge in [-0.15, -0.1) is 0 Å². The molecule has 1 aliphatic rings. The summed E-state index contributed by atoms with van der Waals surface area (Å²) in [6.45, 7) is 5.21. The van der Waals surface area contributed by atoms with Gasteiger partial charge in [0.1, 0.15) is 0 Å². The van der Waals surface area contributed by atoms with Gasteiger partial charge in [0.2, 0.25) is 0 Å². The first kappa shape index (κ1) is 13.0. The van der Waals surface area contributed by atoms with Crippen molar-refractivity contribution in [3.8, 4) is 5.75 Å². The number of fused-ring (bicyclic) bond motifs is 1. The average Bonchev–Trinajstić information content (AvgIpc) is 2.93. The van der Waals surface area contributed by atoms with E-state index in [0.717, 1.165) is 53.9 Å². The smallest absolute Gasteiger partial charge is 0.176 e. The average molecular weight is 325 g/mol. The molecule has 3 rings (SSSR count). The fraction of sp³-hybridized carbons (Fsp3) is 0.429. The third-order valence-corrected chi connectivity index (χ3v) is 4.47. The zero-order chi connectivity index (χ0) is 13.2. The molecule has 1 fully saturated rings. The van der Waals surface area contributed by atoms with Gasteiger partial charge in [0.25, 0.3) is 0 Å². The van der Waals surface area contributed by atoms with Gasteiger partial charge in [0.15, 0.2) is 11.3 Å². The lowest BCUT2D eigenvalue weighted by Crippen LogP contribution is -2.42. The summed E-state index contributed by atoms with van der Waals surface area (Å²) < 4.78 is 12.0. The van der Waals surface area contributed by atoms with Crippen LogP contribution in [0.3, 0.4) is 0 Å². The largest absolute Gasteiger partial charge is 0.493 e. The van der Waals surface area contributed by atoms with Gasteiger partial charge in [-0.05, 0) is 33.6 Å². The van der Waals surface area contributed by atoms with Crippen molar-refractivity contribution in [1.29, 1.82) is 0 Å².